The molecule has 0 fully saturated rings. The van der Waals surface area contributed by atoms with Crippen LogP contribution in [0.25, 0.3) is 10.2 Å². The zero-order valence-corrected chi connectivity index (χ0v) is 20.2. The van der Waals surface area contributed by atoms with E-state index in [1.165, 1.54) is 11.3 Å². The molecule has 180 valence electrons. The van der Waals surface area contributed by atoms with Gasteiger partial charge in [0.15, 0.2) is 17.3 Å². The summed E-state index contributed by atoms with van der Waals surface area (Å²) in [7, 11) is 3.12. The van der Waals surface area contributed by atoms with Crippen LogP contribution in [0.15, 0.2) is 42.5 Å². The summed E-state index contributed by atoms with van der Waals surface area (Å²) in [5.41, 5.74) is 2.34. The van der Waals surface area contributed by atoms with Crippen LogP contribution >= 0.6 is 11.3 Å². The standard InChI is InChI=1S/C25H23N3O6S/c1-14-21-24(31-3)27-20(12-30-2)28-25(21)35-22(14)23(29)26-16-6-4-5-15(9-16)11-32-17-7-8-18-19(10-17)34-13-33-18/h4-10H,11-13H2,1-3H3,(H,26,29). The number of aromatic nitrogens is 2. The lowest BCUT2D eigenvalue weighted by Crippen LogP contribution is -2.11. The van der Waals surface area contributed by atoms with E-state index in [2.05, 4.69) is 15.3 Å². The number of fused-ring (bicyclic) bond motifs is 2. The maximum atomic E-state index is 13.1. The number of thiophene rings is 1. The van der Waals surface area contributed by atoms with Gasteiger partial charge in [-0.05, 0) is 42.3 Å². The molecule has 1 aliphatic rings. The minimum atomic E-state index is -0.227. The first kappa shape index (κ1) is 22.9. The Morgan fingerprint density at radius 2 is 1.94 bits per heavy atom. The van der Waals surface area contributed by atoms with Gasteiger partial charge in [0, 0.05) is 18.9 Å². The van der Waals surface area contributed by atoms with Crippen LogP contribution in [0.3, 0.4) is 0 Å². The molecule has 2 aromatic carbocycles. The Morgan fingerprint density at radius 3 is 2.77 bits per heavy atom. The highest BCUT2D eigenvalue weighted by Crippen LogP contribution is 2.36. The van der Waals surface area contributed by atoms with Crippen molar-refractivity contribution in [2.24, 2.45) is 0 Å². The van der Waals surface area contributed by atoms with E-state index in [0.29, 0.717) is 51.0 Å². The lowest BCUT2D eigenvalue weighted by atomic mass is 10.2. The number of aryl methyl sites for hydroxylation is 1. The number of carbonyl (C=O) groups is 1. The highest BCUT2D eigenvalue weighted by atomic mass is 32.1. The van der Waals surface area contributed by atoms with Crippen LogP contribution in [0.5, 0.6) is 23.1 Å². The Morgan fingerprint density at radius 1 is 1.09 bits per heavy atom. The second-order valence-corrected chi connectivity index (χ2v) is 8.78. The average Bonchev–Trinajstić information content (AvgIpc) is 3.46. The molecule has 0 saturated heterocycles. The predicted molar refractivity (Wildman–Crippen MR) is 131 cm³/mol. The third kappa shape index (κ3) is 4.71. The van der Waals surface area contributed by atoms with Crippen LogP contribution < -0.4 is 24.3 Å². The Balaban J connectivity index is 1.32. The van der Waals surface area contributed by atoms with E-state index in [4.69, 9.17) is 23.7 Å². The molecule has 0 aliphatic carbocycles. The van der Waals surface area contributed by atoms with Crippen molar-refractivity contribution in [3.63, 3.8) is 0 Å². The summed E-state index contributed by atoms with van der Waals surface area (Å²) in [5.74, 6) is 2.75. The lowest BCUT2D eigenvalue weighted by molar-refractivity contribution is 0.103. The van der Waals surface area contributed by atoms with Crippen molar-refractivity contribution < 1.29 is 28.5 Å². The van der Waals surface area contributed by atoms with Gasteiger partial charge in [0.1, 0.15) is 23.8 Å². The Kier molecular flexibility index (Phi) is 6.39. The molecule has 0 radical (unpaired) electrons. The fraction of sp³-hybridized carbons (Fsp3) is 0.240. The summed E-state index contributed by atoms with van der Waals surface area (Å²) in [6.07, 6.45) is 0. The topological polar surface area (TPSA) is 101 Å². The molecule has 3 heterocycles. The molecule has 5 rings (SSSR count). The Labute approximate surface area is 205 Å². The molecular weight excluding hydrogens is 470 g/mol. The highest BCUT2D eigenvalue weighted by molar-refractivity contribution is 7.20. The van der Waals surface area contributed by atoms with Gasteiger partial charge in [0.25, 0.3) is 5.91 Å². The first-order chi connectivity index (χ1) is 17.1. The van der Waals surface area contributed by atoms with E-state index >= 15 is 0 Å². The van der Waals surface area contributed by atoms with Crippen molar-refractivity contribution in [2.75, 3.05) is 26.3 Å². The van der Waals surface area contributed by atoms with Crippen molar-refractivity contribution in [1.82, 2.24) is 9.97 Å². The molecule has 4 aromatic rings. The van der Waals surface area contributed by atoms with Gasteiger partial charge in [0.2, 0.25) is 12.7 Å². The number of carbonyl (C=O) groups excluding carboxylic acids is 1. The smallest absolute Gasteiger partial charge is 0.266 e. The number of ether oxygens (including phenoxy) is 5. The molecule has 1 amide bonds. The molecule has 1 aliphatic heterocycles. The number of anilines is 1. The van der Waals surface area contributed by atoms with Crippen LogP contribution in [0.1, 0.15) is 26.6 Å². The van der Waals surface area contributed by atoms with Gasteiger partial charge < -0.3 is 29.0 Å². The summed E-state index contributed by atoms with van der Waals surface area (Å²) in [5, 5.41) is 3.71. The van der Waals surface area contributed by atoms with Crippen LogP contribution in [-0.2, 0) is 18.0 Å². The van der Waals surface area contributed by atoms with Crippen molar-refractivity contribution in [3.05, 3.63) is 64.3 Å². The van der Waals surface area contributed by atoms with Gasteiger partial charge in [0.05, 0.1) is 17.4 Å². The zero-order chi connectivity index (χ0) is 24.4. The van der Waals surface area contributed by atoms with Crippen molar-refractivity contribution >= 4 is 33.1 Å². The Hall–Kier alpha value is -3.89. The molecule has 9 nitrogen and oxygen atoms in total. The monoisotopic (exact) mass is 493 g/mol. The molecule has 1 N–H and O–H groups in total. The number of benzene rings is 2. The quantitative estimate of drug-likeness (QED) is 0.377. The van der Waals surface area contributed by atoms with Crippen LogP contribution in [0.4, 0.5) is 5.69 Å². The minimum absolute atomic E-state index is 0.216. The van der Waals surface area contributed by atoms with Crippen molar-refractivity contribution in [3.8, 4) is 23.1 Å². The molecule has 35 heavy (non-hydrogen) atoms. The Bertz CT molecular complexity index is 1400. The number of hydrogen-bond donors (Lipinski definition) is 1. The van der Waals surface area contributed by atoms with Gasteiger partial charge in [-0.25, -0.2) is 4.98 Å². The number of nitrogens with zero attached hydrogens (tertiary/aromatic N) is 2. The lowest BCUT2D eigenvalue weighted by Gasteiger charge is -2.09. The first-order valence-electron chi connectivity index (χ1n) is 10.8. The molecule has 0 bridgehead atoms. The maximum Gasteiger partial charge on any atom is 0.266 e. The second-order valence-electron chi connectivity index (χ2n) is 7.78. The first-order valence-corrected chi connectivity index (χ1v) is 11.6. The van der Waals surface area contributed by atoms with Gasteiger partial charge >= 0.3 is 0 Å². The van der Waals surface area contributed by atoms with Gasteiger partial charge in [-0.3, -0.25) is 4.79 Å². The van der Waals surface area contributed by atoms with Gasteiger partial charge in [-0.15, -0.1) is 11.3 Å². The van der Waals surface area contributed by atoms with Crippen LogP contribution in [-0.4, -0.2) is 36.9 Å². The van der Waals surface area contributed by atoms with Crippen LogP contribution in [0.2, 0.25) is 0 Å². The maximum absolute atomic E-state index is 13.1. The average molecular weight is 494 g/mol. The summed E-state index contributed by atoms with van der Waals surface area (Å²) >= 11 is 1.30. The minimum Gasteiger partial charge on any atom is -0.489 e. The number of hydrogen-bond acceptors (Lipinski definition) is 9. The molecule has 0 unspecified atom stereocenters. The second kappa shape index (κ2) is 9.77. The largest absolute Gasteiger partial charge is 0.489 e. The van der Waals surface area contributed by atoms with E-state index in [9.17, 15) is 4.79 Å². The summed E-state index contributed by atoms with van der Waals surface area (Å²) in [6, 6.07) is 13.0. The van der Waals surface area contributed by atoms with E-state index in [-0.39, 0.29) is 19.3 Å². The predicted octanol–water partition coefficient (Wildman–Crippen LogP) is 4.71. The fourth-order valence-electron chi connectivity index (χ4n) is 3.76. The van der Waals surface area contributed by atoms with E-state index < -0.39 is 0 Å². The number of amides is 1. The molecular formula is C25H23N3O6S. The third-order valence-corrected chi connectivity index (χ3v) is 6.60. The van der Waals surface area contributed by atoms with Crippen LogP contribution in [0, 0.1) is 6.92 Å². The molecule has 0 saturated carbocycles. The number of methoxy groups -OCH3 is 2. The van der Waals surface area contributed by atoms with Gasteiger partial charge in [-0.1, -0.05) is 12.1 Å². The third-order valence-electron chi connectivity index (χ3n) is 5.41. The molecule has 0 atom stereocenters. The summed E-state index contributed by atoms with van der Waals surface area (Å²) in [4.78, 5) is 23.3. The number of nitrogens with one attached hydrogen (secondary N) is 1. The van der Waals surface area contributed by atoms with Crippen molar-refractivity contribution in [1.29, 1.82) is 0 Å². The summed E-state index contributed by atoms with van der Waals surface area (Å²) < 4.78 is 27.2. The number of rotatable bonds is 8. The van der Waals surface area contributed by atoms with Crippen molar-refractivity contribution in [2.45, 2.75) is 20.1 Å². The van der Waals surface area contributed by atoms with E-state index in [0.717, 1.165) is 16.5 Å². The molecule has 0 spiro atoms. The van der Waals surface area contributed by atoms with E-state index in [1.54, 1.807) is 20.3 Å². The highest BCUT2D eigenvalue weighted by Gasteiger charge is 2.21. The van der Waals surface area contributed by atoms with E-state index in [1.807, 2.05) is 43.3 Å². The normalized spacial score (nSPS) is 12.1. The summed E-state index contributed by atoms with van der Waals surface area (Å²) in [6.45, 7) is 2.67. The van der Waals surface area contributed by atoms with Gasteiger partial charge in [-0.2, -0.15) is 4.98 Å². The SMILES string of the molecule is COCc1nc(OC)c2c(C)c(C(=O)Nc3cccc(COc4ccc5c(c4)OCO5)c3)sc2n1. The fourth-order valence-corrected chi connectivity index (χ4v) is 4.85. The molecule has 2 aromatic heterocycles. The molecule has 10 heteroatoms. The zero-order valence-electron chi connectivity index (χ0n) is 19.4.